The van der Waals surface area contributed by atoms with Crippen molar-refractivity contribution in [2.75, 3.05) is 18.8 Å². The van der Waals surface area contributed by atoms with E-state index in [0.717, 1.165) is 0 Å². The molecule has 0 bridgehead atoms. The van der Waals surface area contributed by atoms with Crippen LogP contribution in [0.3, 0.4) is 0 Å². The highest BCUT2D eigenvalue weighted by Gasteiger charge is 2.23. The Labute approximate surface area is 103 Å². The molecular weight excluding hydrogens is 236 g/mol. The lowest BCUT2D eigenvalue weighted by Crippen LogP contribution is -2.34. The van der Waals surface area contributed by atoms with E-state index in [4.69, 9.17) is 5.73 Å². The Bertz CT molecular complexity index is 452. The molecule has 5 heteroatoms. The van der Waals surface area contributed by atoms with Crippen LogP contribution in [0.2, 0.25) is 0 Å². The molecule has 0 amide bonds. The van der Waals surface area contributed by atoms with Crippen LogP contribution in [-0.4, -0.2) is 25.8 Å². The second kappa shape index (κ2) is 5.51. The van der Waals surface area contributed by atoms with E-state index < -0.39 is 10.0 Å². The van der Waals surface area contributed by atoms with Gasteiger partial charge < -0.3 is 5.73 Å². The summed E-state index contributed by atoms with van der Waals surface area (Å²) in [7, 11) is -3.39. The molecule has 0 saturated heterocycles. The van der Waals surface area contributed by atoms with E-state index in [1.165, 1.54) is 4.31 Å². The molecule has 1 rings (SSSR count). The van der Waals surface area contributed by atoms with Gasteiger partial charge >= 0.3 is 0 Å². The highest BCUT2D eigenvalue weighted by molar-refractivity contribution is 7.89. The van der Waals surface area contributed by atoms with Crippen molar-refractivity contribution in [2.24, 2.45) is 5.92 Å². The third kappa shape index (κ3) is 3.44. The minimum Gasteiger partial charge on any atom is -0.399 e. The molecule has 0 aromatic heterocycles. The summed E-state index contributed by atoms with van der Waals surface area (Å²) in [4.78, 5) is 0.300. The molecule has 0 radical (unpaired) electrons. The Kier molecular flexibility index (Phi) is 4.54. The third-order valence-electron chi connectivity index (χ3n) is 2.44. The zero-order valence-electron chi connectivity index (χ0n) is 10.6. The van der Waals surface area contributed by atoms with Gasteiger partial charge in [0.25, 0.3) is 0 Å². The number of hydrogen-bond donors (Lipinski definition) is 1. The summed E-state index contributed by atoms with van der Waals surface area (Å²) in [5, 5.41) is 0. The molecule has 1 aromatic carbocycles. The second-order valence-corrected chi connectivity index (χ2v) is 6.36. The first-order valence-electron chi connectivity index (χ1n) is 5.73. The first kappa shape index (κ1) is 14.0. The molecule has 0 saturated carbocycles. The number of rotatable bonds is 5. The molecule has 4 nitrogen and oxygen atoms in total. The summed E-state index contributed by atoms with van der Waals surface area (Å²) in [6.07, 6.45) is 0. The molecule has 0 spiro atoms. The molecule has 17 heavy (non-hydrogen) atoms. The van der Waals surface area contributed by atoms with E-state index in [1.807, 2.05) is 20.8 Å². The van der Waals surface area contributed by atoms with Gasteiger partial charge in [-0.2, -0.15) is 4.31 Å². The molecular formula is C12H20N2O2S. The Morgan fingerprint density at radius 2 is 1.76 bits per heavy atom. The fourth-order valence-electron chi connectivity index (χ4n) is 1.59. The molecule has 0 atom stereocenters. The maximum Gasteiger partial charge on any atom is 0.243 e. The zero-order chi connectivity index (χ0) is 13.1. The Morgan fingerprint density at radius 3 is 2.18 bits per heavy atom. The van der Waals surface area contributed by atoms with Crippen LogP contribution in [0.5, 0.6) is 0 Å². The van der Waals surface area contributed by atoms with Crippen LogP contribution in [0.1, 0.15) is 20.8 Å². The number of nitrogens with two attached hydrogens (primary N) is 1. The van der Waals surface area contributed by atoms with Gasteiger partial charge in [0.05, 0.1) is 4.90 Å². The smallest absolute Gasteiger partial charge is 0.243 e. The maximum atomic E-state index is 12.3. The van der Waals surface area contributed by atoms with Gasteiger partial charge in [-0.05, 0) is 30.2 Å². The Hall–Kier alpha value is -1.07. The first-order chi connectivity index (χ1) is 7.87. The molecule has 0 aliphatic carbocycles. The summed E-state index contributed by atoms with van der Waals surface area (Å²) in [6.45, 7) is 6.85. The van der Waals surface area contributed by atoms with E-state index in [-0.39, 0.29) is 0 Å². The van der Waals surface area contributed by atoms with Crippen molar-refractivity contribution >= 4 is 15.7 Å². The number of sulfonamides is 1. The number of nitrogens with zero attached hydrogens (tertiary/aromatic N) is 1. The van der Waals surface area contributed by atoms with Gasteiger partial charge in [-0.1, -0.05) is 20.8 Å². The number of anilines is 1. The minimum atomic E-state index is -3.39. The van der Waals surface area contributed by atoms with Gasteiger partial charge in [0, 0.05) is 18.8 Å². The van der Waals surface area contributed by atoms with Crippen molar-refractivity contribution in [1.29, 1.82) is 0 Å². The molecule has 96 valence electrons. The van der Waals surface area contributed by atoms with E-state index in [1.54, 1.807) is 24.3 Å². The highest BCUT2D eigenvalue weighted by Crippen LogP contribution is 2.18. The fourth-order valence-corrected chi connectivity index (χ4v) is 3.21. The van der Waals surface area contributed by atoms with Crippen molar-refractivity contribution in [2.45, 2.75) is 25.7 Å². The van der Waals surface area contributed by atoms with Gasteiger partial charge in [0.2, 0.25) is 10.0 Å². The van der Waals surface area contributed by atoms with Gasteiger partial charge in [0.15, 0.2) is 0 Å². The van der Waals surface area contributed by atoms with Crippen LogP contribution in [-0.2, 0) is 10.0 Å². The first-order valence-corrected chi connectivity index (χ1v) is 7.17. The van der Waals surface area contributed by atoms with E-state index in [2.05, 4.69) is 0 Å². The normalized spacial score (nSPS) is 12.3. The van der Waals surface area contributed by atoms with E-state index in [0.29, 0.717) is 29.6 Å². The summed E-state index contributed by atoms with van der Waals surface area (Å²) >= 11 is 0. The van der Waals surface area contributed by atoms with Crippen LogP contribution < -0.4 is 5.73 Å². The lowest BCUT2D eigenvalue weighted by Gasteiger charge is -2.22. The van der Waals surface area contributed by atoms with Crippen molar-refractivity contribution in [3.05, 3.63) is 24.3 Å². The van der Waals surface area contributed by atoms with Gasteiger partial charge in [0.1, 0.15) is 0 Å². The summed E-state index contributed by atoms with van der Waals surface area (Å²) in [5.41, 5.74) is 6.12. The Balaban J connectivity index is 3.04. The maximum absolute atomic E-state index is 12.3. The molecule has 0 unspecified atom stereocenters. The molecule has 1 aromatic rings. The van der Waals surface area contributed by atoms with Crippen LogP contribution in [0, 0.1) is 5.92 Å². The van der Waals surface area contributed by atoms with Crippen molar-refractivity contribution in [3.8, 4) is 0 Å². The molecule has 0 aliphatic rings. The second-order valence-electron chi connectivity index (χ2n) is 4.42. The van der Waals surface area contributed by atoms with Gasteiger partial charge in [-0.25, -0.2) is 8.42 Å². The number of benzene rings is 1. The average Bonchev–Trinajstić information content (AvgIpc) is 2.26. The fraction of sp³-hybridized carbons (Fsp3) is 0.500. The van der Waals surface area contributed by atoms with Crippen LogP contribution in [0.15, 0.2) is 29.2 Å². The van der Waals surface area contributed by atoms with Gasteiger partial charge in [-0.3, -0.25) is 0 Å². The topological polar surface area (TPSA) is 63.4 Å². The highest BCUT2D eigenvalue weighted by atomic mass is 32.2. The Morgan fingerprint density at radius 1 is 1.24 bits per heavy atom. The van der Waals surface area contributed by atoms with Crippen LogP contribution in [0.25, 0.3) is 0 Å². The lowest BCUT2D eigenvalue weighted by atomic mass is 10.2. The molecule has 2 N–H and O–H groups in total. The largest absolute Gasteiger partial charge is 0.399 e. The van der Waals surface area contributed by atoms with Crippen LogP contribution in [0.4, 0.5) is 5.69 Å². The monoisotopic (exact) mass is 256 g/mol. The lowest BCUT2D eigenvalue weighted by molar-refractivity contribution is 0.381. The predicted molar refractivity (Wildman–Crippen MR) is 70.1 cm³/mol. The molecule has 0 fully saturated rings. The average molecular weight is 256 g/mol. The zero-order valence-corrected chi connectivity index (χ0v) is 11.4. The number of hydrogen-bond acceptors (Lipinski definition) is 3. The summed E-state index contributed by atoms with van der Waals surface area (Å²) < 4.78 is 26.1. The van der Waals surface area contributed by atoms with Crippen molar-refractivity contribution in [3.63, 3.8) is 0 Å². The summed E-state index contributed by atoms with van der Waals surface area (Å²) in [5.74, 6) is 0.304. The third-order valence-corrected chi connectivity index (χ3v) is 4.39. The molecule has 0 aliphatic heterocycles. The van der Waals surface area contributed by atoms with Crippen LogP contribution >= 0.6 is 0 Å². The number of nitrogen functional groups attached to an aromatic ring is 1. The van der Waals surface area contributed by atoms with Crippen molar-refractivity contribution in [1.82, 2.24) is 4.31 Å². The minimum absolute atomic E-state index is 0.300. The SMILES string of the molecule is CCN(CC(C)C)S(=O)(=O)c1ccc(N)cc1. The quantitative estimate of drug-likeness (QED) is 0.819. The van der Waals surface area contributed by atoms with Crippen molar-refractivity contribution < 1.29 is 8.42 Å². The summed E-state index contributed by atoms with van der Waals surface area (Å²) in [6, 6.07) is 6.31. The van der Waals surface area contributed by atoms with Gasteiger partial charge in [-0.15, -0.1) is 0 Å². The van der Waals surface area contributed by atoms with E-state index in [9.17, 15) is 8.42 Å². The predicted octanol–water partition coefficient (Wildman–Crippen LogP) is 1.94. The standard InChI is InChI=1S/C12H20N2O2S/c1-4-14(9-10(2)3)17(15,16)12-7-5-11(13)6-8-12/h5-8,10H,4,9,13H2,1-3H3. The van der Waals surface area contributed by atoms with E-state index >= 15 is 0 Å². The molecule has 0 heterocycles.